The molecule has 0 aliphatic heterocycles. The summed E-state index contributed by atoms with van der Waals surface area (Å²) >= 11 is 2.69. The zero-order valence-electron chi connectivity index (χ0n) is 29.6. The second-order valence-corrected chi connectivity index (χ2v) is 15.2. The summed E-state index contributed by atoms with van der Waals surface area (Å²) in [4.78, 5) is 50.7. The summed E-state index contributed by atoms with van der Waals surface area (Å²) in [5.41, 5.74) is 3.06. The van der Waals surface area contributed by atoms with Gasteiger partial charge in [-0.05, 0) is 50.2 Å². The highest BCUT2D eigenvalue weighted by Crippen LogP contribution is 2.24. The second-order valence-electron chi connectivity index (χ2n) is 13.4. The van der Waals surface area contributed by atoms with E-state index < -0.39 is 47.9 Å². The summed E-state index contributed by atoms with van der Waals surface area (Å²) in [7, 11) is 1.62. The largest absolute Gasteiger partial charge is 0.444 e. The first kappa shape index (κ1) is 39.4. The minimum atomic E-state index is -1.09. The van der Waals surface area contributed by atoms with Crippen molar-refractivity contribution in [2.75, 3.05) is 7.05 Å². The quantitative estimate of drug-likeness (QED) is 0.101. The van der Waals surface area contributed by atoms with E-state index in [2.05, 4.69) is 25.9 Å². The SMILES string of the molecule is CC(C)[C@@H](NC(=O)N(C)Cc1csc(C(C)(C)O)n1)C(=O)N[C@H](Cc1ccccc1)C[C@@H](O)[C@@H](Cc1ccccc1)NC(=O)OCc1cncs1. The Balaban J connectivity index is 1.46. The van der Waals surface area contributed by atoms with Crippen molar-refractivity contribution in [1.29, 1.82) is 0 Å². The van der Waals surface area contributed by atoms with Gasteiger partial charge in [-0.25, -0.2) is 14.6 Å². The molecule has 0 aliphatic rings. The molecule has 0 unspecified atom stereocenters. The molecule has 0 fully saturated rings. The molecular formula is C37H48N6O6S2. The van der Waals surface area contributed by atoms with Crippen LogP contribution in [0.25, 0.3) is 0 Å². The molecular weight excluding hydrogens is 689 g/mol. The molecule has 51 heavy (non-hydrogen) atoms. The van der Waals surface area contributed by atoms with E-state index >= 15 is 0 Å². The summed E-state index contributed by atoms with van der Waals surface area (Å²) in [6, 6.07) is 16.5. The molecule has 0 saturated heterocycles. The number of ether oxygens (including phenoxy) is 1. The molecule has 5 N–H and O–H groups in total. The van der Waals surface area contributed by atoms with Crippen molar-refractivity contribution >= 4 is 40.7 Å². The van der Waals surface area contributed by atoms with Crippen LogP contribution in [-0.4, -0.2) is 74.4 Å². The van der Waals surface area contributed by atoms with Crippen LogP contribution in [0.1, 0.15) is 60.8 Å². The van der Waals surface area contributed by atoms with Gasteiger partial charge in [0, 0.05) is 24.7 Å². The van der Waals surface area contributed by atoms with Crippen molar-refractivity contribution in [2.45, 2.75) is 89.9 Å². The zero-order chi connectivity index (χ0) is 37.0. The van der Waals surface area contributed by atoms with Gasteiger partial charge in [0.1, 0.15) is 23.3 Å². The van der Waals surface area contributed by atoms with Gasteiger partial charge >= 0.3 is 12.1 Å². The van der Waals surface area contributed by atoms with Crippen LogP contribution in [0.5, 0.6) is 0 Å². The van der Waals surface area contributed by atoms with E-state index in [-0.39, 0.29) is 25.5 Å². The van der Waals surface area contributed by atoms with Gasteiger partial charge in [-0.3, -0.25) is 9.78 Å². The van der Waals surface area contributed by atoms with Crippen LogP contribution in [-0.2, 0) is 41.1 Å². The van der Waals surface area contributed by atoms with Gasteiger partial charge in [0.2, 0.25) is 5.91 Å². The van der Waals surface area contributed by atoms with Gasteiger partial charge in [0.15, 0.2) is 0 Å². The van der Waals surface area contributed by atoms with Crippen LogP contribution in [0.2, 0.25) is 0 Å². The Bertz CT molecular complexity index is 1660. The Morgan fingerprint density at radius 2 is 1.59 bits per heavy atom. The highest BCUT2D eigenvalue weighted by molar-refractivity contribution is 7.10. The normalized spacial score (nSPS) is 13.9. The van der Waals surface area contributed by atoms with Gasteiger partial charge in [-0.15, -0.1) is 22.7 Å². The fourth-order valence-corrected chi connectivity index (χ4v) is 6.73. The standard InChI is InChI=1S/C37H48N6O6S2/c1-24(2)32(42-35(46)43(5)20-28-22-50-34(40-28)37(3,4)48)33(45)39-27(16-25-12-8-6-9-13-25)18-31(44)30(17-26-14-10-7-11-15-26)41-36(47)49-21-29-19-38-23-51-29/h6-15,19,22-24,27,30-32,44,48H,16-18,20-21H2,1-5H3,(H,39,45)(H,41,47)(H,42,46)/t27-,30-,31-,32-/m1/s1. The number of aliphatic hydroxyl groups is 2. The van der Waals surface area contributed by atoms with E-state index in [4.69, 9.17) is 4.74 Å². The van der Waals surface area contributed by atoms with Crippen molar-refractivity contribution in [3.05, 3.63) is 104 Å². The predicted octanol–water partition coefficient (Wildman–Crippen LogP) is 5.01. The maximum atomic E-state index is 13.9. The lowest BCUT2D eigenvalue weighted by atomic mass is 9.93. The third-order valence-corrected chi connectivity index (χ3v) is 10.1. The average molecular weight is 737 g/mol. The smallest absolute Gasteiger partial charge is 0.407 e. The van der Waals surface area contributed by atoms with Crippen molar-refractivity contribution in [3.8, 4) is 0 Å². The molecule has 12 nitrogen and oxygen atoms in total. The van der Waals surface area contributed by atoms with Crippen molar-refractivity contribution in [2.24, 2.45) is 5.92 Å². The summed E-state index contributed by atoms with van der Waals surface area (Å²) in [6.45, 7) is 7.25. The lowest BCUT2D eigenvalue weighted by Gasteiger charge is -2.30. The molecule has 2 aromatic heterocycles. The highest BCUT2D eigenvalue weighted by atomic mass is 32.1. The van der Waals surface area contributed by atoms with E-state index in [9.17, 15) is 24.6 Å². The number of thiazole rings is 2. The second kappa shape index (κ2) is 18.7. The van der Waals surface area contributed by atoms with Crippen molar-refractivity contribution in [1.82, 2.24) is 30.8 Å². The Labute approximate surface area is 307 Å². The number of nitrogens with zero attached hydrogens (tertiary/aromatic N) is 3. The van der Waals surface area contributed by atoms with Gasteiger partial charge in [-0.2, -0.15) is 0 Å². The van der Waals surface area contributed by atoms with Crippen molar-refractivity contribution < 1.29 is 29.3 Å². The summed E-state index contributed by atoms with van der Waals surface area (Å²) in [5, 5.41) is 33.1. The Morgan fingerprint density at radius 3 is 2.16 bits per heavy atom. The van der Waals surface area contributed by atoms with Crippen molar-refractivity contribution in [3.63, 3.8) is 0 Å². The fourth-order valence-electron chi connectivity index (χ4n) is 5.39. The number of aliphatic hydroxyl groups excluding tert-OH is 1. The molecule has 0 radical (unpaired) electrons. The van der Waals surface area contributed by atoms with E-state index in [1.165, 1.54) is 27.6 Å². The van der Waals surface area contributed by atoms with Crippen LogP contribution in [0.15, 0.2) is 77.8 Å². The minimum Gasteiger partial charge on any atom is -0.444 e. The average Bonchev–Trinajstić information content (AvgIpc) is 3.79. The number of nitrogens with one attached hydrogen (secondary N) is 3. The van der Waals surface area contributed by atoms with Gasteiger partial charge in [0.25, 0.3) is 0 Å². The Hall–Kier alpha value is -4.37. The number of benzene rings is 2. The number of hydrogen-bond acceptors (Lipinski definition) is 10. The first-order valence-electron chi connectivity index (χ1n) is 16.8. The first-order valence-corrected chi connectivity index (χ1v) is 18.6. The summed E-state index contributed by atoms with van der Waals surface area (Å²) in [5.74, 6) is -0.652. The van der Waals surface area contributed by atoms with Gasteiger partial charge in [-0.1, -0.05) is 74.5 Å². The molecule has 14 heteroatoms. The van der Waals surface area contributed by atoms with Crippen LogP contribution >= 0.6 is 22.7 Å². The molecule has 0 aliphatic carbocycles. The maximum absolute atomic E-state index is 13.9. The number of alkyl carbamates (subject to hydrolysis) is 1. The molecule has 2 heterocycles. The molecule has 0 saturated carbocycles. The number of rotatable bonds is 17. The van der Waals surface area contributed by atoms with Crippen LogP contribution in [0, 0.1) is 5.92 Å². The molecule has 4 amide bonds. The lowest BCUT2D eigenvalue weighted by molar-refractivity contribution is -0.124. The highest BCUT2D eigenvalue weighted by Gasteiger charge is 2.31. The van der Waals surface area contributed by atoms with Crippen LogP contribution < -0.4 is 16.0 Å². The van der Waals surface area contributed by atoms with Gasteiger partial charge < -0.3 is 35.8 Å². The minimum absolute atomic E-state index is 0.0560. The van der Waals surface area contributed by atoms with E-state index in [1.807, 2.05) is 74.5 Å². The van der Waals surface area contributed by atoms with Crippen LogP contribution in [0.3, 0.4) is 0 Å². The van der Waals surface area contributed by atoms with E-state index in [0.717, 1.165) is 16.0 Å². The topological polar surface area (TPSA) is 166 Å². The van der Waals surface area contributed by atoms with E-state index in [1.54, 1.807) is 38.0 Å². The number of carbonyl (C=O) groups excluding carboxylic acids is 3. The summed E-state index contributed by atoms with van der Waals surface area (Å²) in [6.07, 6.45) is 0.734. The number of carbonyl (C=O) groups is 3. The summed E-state index contributed by atoms with van der Waals surface area (Å²) < 4.78 is 5.42. The lowest BCUT2D eigenvalue weighted by Crippen LogP contribution is -2.55. The number of urea groups is 1. The fraction of sp³-hybridized carbons (Fsp3) is 0.432. The molecule has 274 valence electrons. The molecule has 4 atom stereocenters. The Kier molecular flexibility index (Phi) is 14.5. The maximum Gasteiger partial charge on any atom is 0.407 e. The van der Waals surface area contributed by atoms with E-state index in [0.29, 0.717) is 23.5 Å². The zero-order valence-corrected chi connectivity index (χ0v) is 31.2. The number of hydrogen-bond donors (Lipinski definition) is 5. The first-order chi connectivity index (χ1) is 24.3. The number of aromatic nitrogens is 2. The molecule has 4 aromatic rings. The van der Waals surface area contributed by atoms with Gasteiger partial charge in [0.05, 0.1) is 34.8 Å². The molecule has 2 aromatic carbocycles. The molecule has 0 bridgehead atoms. The predicted molar refractivity (Wildman–Crippen MR) is 198 cm³/mol. The monoisotopic (exact) mass is 736 g/mol. The Morgan fingerprint density at radius 1 is 0.941 bits per heavy atom. The van der Waals surface area contributed by atoms with Crippen LogP contribution in [0.4, 0.5) is 9.59 Å². The third-order valence-electron chi connectivity index (χ3n) is 8.14. The molecule has 4 rings (SSSR count). The number of amides is 4. The third kappa shape index (κ3) is 12.7. The molecule has 0 spiro atoms.